The van der Waals surface area contributed by atoms with E-state index in [-0.39, 0.29) is 23.1 Å². The lowest BCUT2D eigenvalue weighted by molar-refractivity contribution is -0.117. The molecule has 2 aromatic rings. The monoisotopic (exact) mass is 550 g/mol. The van der Waals surface area contributed by atoms with E-state index in [1.54, 1.807) is 30.2 Å². The molecular weight excluding hydrogens is 511 g/mol. The van der Waals surface area contributed by atoms with E-state index in [9.17, 15) is 9.59 Å². The first kappa shape index (κ1) is 30.1. The average Bonchev–Trinajstić information content (AvgIpc) is 3.17. The molecule has 9 heteroatoms. The van der Waals surface area contributed by atoms with Gasteiger partial charge in [-0.3, -0.25) is 9.59 Å². The smallest absolute Gasteiger partial charge is 0.231 e. The van der Waals surface area contributed by atoms with Crippen molar-refractivity contribution in [2.75, 3.05) is 38.5 Å². The van der Waals surface area contributed by atoms with E-state index in [1.807, 2.05) is 42.5 Å². The maximum Gasteiger partial charge on any atom is 0.231 e. The number of thioether (sulfide) groups is 1. The van der Waals surface area contributed by atoms with Crippen LogP contribution in [0.1, 0.15) is 42.3 Å². The van der Waals surface area contributed by atoms with E-state index in [4.69, 9.17) is 17.0 Å². The van der Waals surface area contributed by atoms with Crippen LogP contribution in [0.5, 0.6) is 5.75 Å². The van der Waals surface area contributed by atoms with Crippen LogP contribution in [-0.2, 0) is 22.2 Å². The molecule has 0 aliphatic carbocycles. The molecule has 1 aliphatic heterocycles. The molecule has 2 aromatic carbocycles. The molecule has 0 bridgehead atoms. The molecule has 0 atom stereocenters. The second-order valence-electron chi connectivity index (χ2n) is 11.2. The summed E-state index contributed by atoms with van der Waals surface area (Å²) in [5.74, 6) is 0.590. The lowest BCUT2D eigenvalue weighted by atomic mass is 9.88. The number of likely N-dealkylation sites (N-methyl/N-ethyl adjacent to an activating group) is 1. The average molecular weight is 551 g/mol. The van der Waals surface area contributed by atoms with Crippen LogP contribution in [0.2, 0.25) is 18.1 Å². The summed E-state index contributed by atoms with van der Waals surface area (Å²) in [5.41, 5.74) is 3.36. The highest BCUT2D eigenvalue weighted by atomic mass is 32.2. The summed E-state index contributed by atoms with van der Waals surface area (Å²) in [6.45, 7) is 12.9. The van der Waals surface area contributed by atoms with Crippen LogP contribution in [0.3, 0.4) is 0 Å². The fraction of sp³-hybridized carbons (Fsp3) is 0.448. The third kappa shape index (κ3) is 6.93. The topological polar surface area (TPSA) is 59.1 Å². The van der Waals surface area contributed by atoms with Crippen molar-refractivity contribution in [3.05, 3.63) is 64.2 Å². The number of amides is 1. The van der Waals surface area contributed by atoms with Gasteiger partial charge >= 0.3 is 0 Å². The SMILES string of the molecule is [B]c1cc(C(=O)/C=C(\SC)N(C)CCO[Si](C)(C)C(C)(C)C)cc2c1N(Cc1ccc(OC)cc1)C(=O)C2. The molecule has 0 fully saturated rings. The van der Waals surface area contributed by atoms with Gasteiger partial charge in [-0.15, -0.1) is 11.8 Å². The van der Waals surface area contributed by atoms with Gasteiger partial charge in [-0.25, -0.2) is 0 Å². The number of carbonyl (C=O) groups excluding carboxylic acids is 2. The minimum atomic E-state index is -1.83. The molecule has 1 heterocycles. The predicted molar refractivity (Wildman–Crippen MR) is 161 cm³/mol. The van der Waals surface area contributed by atoms with Crippen LogP contribution < -0.4 is 15.1 Å². The lowest BCUT2D eigenvalue weighted by Crippen LogP contribution is -2.42. The summed E-state index contributed by atoms with van der Waals surface area (Å²) in [6, 6.07) is 11.1. The highest BCUT2D eigenvalue weighted by Gasteiger charge is 2.37. The van der Waals surface area contributed by atoms with E-state index in [2.05, 4.69) is 33.9 Å². The molecule has 0 saturated heterocycles. The van der Waals surface area contributed by atoms with E-state index >= 15 is 0 Å². The van der Waals surface area contributed by atoms with Gasteiger partial charge in [0.05, 0.1) is 31.7 Å². The zero-order chi connectivity index (χ0) is 28.3. The quantitative estimate of drug-likeness (QED) is 0.225. The van der Waals surface area contributed by atoms with Gasteiger partial charge < -0.3 is 19.0 Å². The van der Waals surface area contributed by atoms with Gasteiger partial charge in [-0.1, -0.05) is 44.4 Å². The van der Waals surface area contributed by atoms with Crippen molar-refractivity contribution in [3.63, 3.8) is 0 Å². The number of fused-ring (bicyclic) bond motifs is 1. The van der Waals surface area contributed by atoms with Crippen molar-refractivity contribution in [3.8, 4) is 5.75 Å². The molecule has 0 spiro atoms. The summed E-state index contributed by atoms with van der Waals surface area (Å²) in [4.78, 5) is 29.9. The first-order valence-electron chi connectivity index (χ1n) is 12.8. The largest absolute Gasteiger partial charge is 0.497 e. The number of methoxy groups -OCH3 is 1. The molecular formula is C29H39BN2O4SSi. The number of benzene rings is 2. The highest BCUT2D eigenvalue weighted by Crippen LogP contribution is 2.36. The molecule has 0 N–H and O–H groups in total. The molecule has 0 unspecified atom stereocenters. The molecule has 0 aromatic heterocycles. The van der Waals surface area contributed by atoms with Crippen molar-refractivity contribution >= 4 is 50.8 Å². The Morgan fingerprint density at radius 2 is 1.87 bits per heavy atom. The van der Waals surface area contributed by atoms with Crippen molar-refractivity contribution in [2.45, 2.75) is 51.9 Å². The maximum absolute atomic E-state index is 13.2. The molecule has 1 amide bonds. The summed E-state index contributed by atoms with van der Waals surface area (Å²) >= 11 is 1.52. The van der Waals surface area contributed by atoms with Gasteiger partial charge in [0.15, 0.2) is 14.1 Å². The van der Waals surface area contributed by atoms with Gasteiger partial charge in [0, 0.05) is 30.9 Å². The molecule has 0 saturated carbocycles. The second-order valence-corrected chi connectivity index (χ2v) is 16.8. The van der Waals surface area contributed by atoms with E-state index in [0.717, 1.165) is 21.9 Å². The van der Waals surface area contributed by atoms with Gasteiger partial charge in [0.25, 0.3) is 0 Å². The number of ether oxygens (including phenoxy) is 1. The Kier molecular flexibility index (Phi) is 9.60. The minimum absolute atomic E-state index is 0.0334. The Bertz CT molecular complexity index is 1210. The minimum Gasteiger partial charge on any atom is -0.497 e. The lowest BCUT2D eigenvalue weighted by Gasteiger charge is -2.36. The van der Waals surface area contributed by atoms with Crippen LogP contribution in [0, 0.1) is 0 Å². The molecule has 2 radical (unpaired) electrons. The zero-order valence-corrected chi connectivity index (χ0v) is 25.7. The number of rotatable bonds is 11. The van der Waals surface area contributed by atoms with Crippen LogP contribution in [-0.4, -0.2) is 66.3 Å². The number of hydrogen-bond acceptors (Lipinski definition) is 6. The zero-order valence-electron chi connectivity index (χ0n) is 23.9. The third-order valence-electron chi connectivity index (χ3n) is 7.45. The molecule has 202 valence electrons. The van der Waals surface area contributed by atoms with Gasteiger partial charge in [0.1, 0.15) is 13.6 Å². The third-order valence-corrected chi connectivity index (χ3v) is 12.8. The summed E-state index contributed by atoms with van der Waals surface area (Å²) in [6.07, 6.45) is 3.82. The Morgan fingerprint density at radius 3 is 2.45 bits per heavy atom. The number of ketones is 1. The number of allylic oxidation sites excluding steroid dienone is 1. The first-order chi connectivity index (χ1) is 17.8. The van der Waals surface area contributed by atoms with Crippen LogP contribution in [0.15, 0.2) is 47.5 Å². The number of nitrogens with zero attached hydrogens (tertiary/aromatic N) is 2. The standard InChI is InChI=1S/C29H39BN2O4SSi/c1-29(2,3)38(7,8)36-14-13-31(4)27(37-6)18-25(33)21-15-22-17-26(34)32(28(22)24(30)16-21)19-20-9-11-23(35-5)12-10-20/h9-12,15-16,18H,13-14,17,19H2,1-8H3/b27-18-. The number of carbonyl (C=O) groups is 2. The summed E-state index contributed by atoms with van der Waals surface area (Å²) in [7, 11) is 8.17. The van der Waals surface area contributed by atoms with E-state index in [1.165, 1.54) is 11.8 Å². The Hall–Kier alpha value is -2.49. The van der Waals surface area contributed by atoms with Gasteiger partial charge in [0.2, 0.25) is 5.91 Å². The fourth-order valence-electron chi connectivity index (χ4n) is 4.07. The van der Waals surface area contributed by atoms with Crippen LogP contribution >= 0.6 is 11.8 Å². The van der Waals surface area contributed by atoms with E-state index < -0.39 is 8.32 Å². The summed E-state index contributed by atoms with van der Waals surface area (Å²) < 4.78 is 11.5. The first-order valence-corrected chi connectivity index (χ1v) is 16.9. The van der Waals surface area contributed by atoms with Gasteiger partial charge in [-0.05, 0) is 53.7 Å². The van der Waals surface area contributed by atoms with Crippen molar-refractivity contribution < 1.29 is 18.8 Å². The molecule has 38 heavy (non-hydrogen) atoms. The van der Waals surface area contributed by atoms with Gasteiger partial charge in [-0.2, -0.15) is 0 Å². The Morgan fingerprint density at radius 1 is 1.21 bits per heavy atom. The summed E-state index contributed by atoms with van der Waals surface area (Å²) in [5, 5.41) is 1.00. The normalized spacial score (nSPS) is 14.1. The molecule has 1 aliphatic rings. The van der Waals surface area contributed by atoms with E-state index in [0.29, 0.717) is 36.4 Å². The molecule has 3 rings (SSSR count). The Balaban J connectivity index is 1.73. The predicted octanol–water partition coefficient (Wildman–Crippen LogP) is 4.92. The van der Waals surface area contributed by atoms with Crippen molar-refractivity contribution in [1.82, 2.24) is 4.90 Å². The van der Waals surface area contributed by atoms with Crippen molar-refractivity contribution in [1.29, 1.82) is 0 Å². The Labute approximate surface area is 234 Å². The molecule has 6 nitrogen and oxygen atoms in total. The highest BCUT2D eigenvalue weighted by molar-refractivity contribution is 8.02. The fourth-order valence-corrected chi connectivity index (χ4v) is 5.74. The second kappa shape index (κ2) is 12.1. The number of hydrogen-bond donors (Lipinski definition) is 0. The van der Waals surface area contributed by atoms with Crippen LogP contribution in [0.4, 0.5) is 5.69 Å². The maximum atomic E-state index is 13.2. The van der Waals surface area contributed by atoms with Crippen LogP contribution in [0.25, 0.3) is 0 Å². The number of anilines is 1. The van der Waals surface area contributed by atoms with Crippen molar-refractivity contribution in [2.24, 2.45) is 0 Å².